The molecule has 0 unspecified atom stereocenters. The number of nitrogens with zero attached hydrogens (tertiary/aromatic N) is 1. The fourth-order valence-corrected chi connectivity index (χ4v) is 1.46. The number of amides is 1. The maximum atomic E-state index is 11.8. The van der Waals surface area contributed by atoms with Gasteiger partial charge in [0.1, 0.15) is 5.75 Å². The van der Waals surface area contributed by atoms with Crippen LogP contribution in [0.1, 0.15) is 10.4 Å². The average molecular weight is 244 g/mol. The zero-order valence-corrected chi connectivity index (χ0v) is 10.1. The first kappa shape index (κ1) is 12.0. The summed E-state index contributed by atoms with van der Waals surface area (Å²) in [6.45, 7) is 0.000722. The topological polar surface area (TPSA) is 58.6 Å². The summed E-state index contributed by atoms with van der Waals surface area (Å²) in [5.41, 5.74) is 0.928. The molecule has 2 rings (SSSR count). The van der Waals surface area contributed by atoms with Crippen molar-refractivity contribution in [3.63, 3.8) is 0 Å². The number of anilines is 1. The fourth-order valence-electron chi connectivity index (χ4n) is 1.46. The highest BCUT2D eigenvalue weighted by atomic mass is 16.5. The molecular formula is C13H12N2O3. The van der Waals surface area contributed by atoms with E-state index >= 15 is 0 Å². The molecule has 1 N–H and O–H groups in total. The molecule has 0 saturated carbocycles. The smallest absolute Gasteiger partial charge is 0.262 e. The van der Waals surface area contributed by atoms with Crippen molar-refractivity contribution in [1.29, 1.82) is 0 Å². The number of rotatable bonds is 1. The molecule has 5 nitrogen and oxygen atoms in total. The van der Waals surface area contributed by atoms with E-state index in [1.165, 1.54) is 0 Å². The molecule has 0 aromatic heterocycles. The Morgan fingerprint density at radius 2 is 2.22 bits per heavy atom. The summed E-state index contributed by atoms with van der Waals surface area (Å²) < 4.78 is 5.20. The standard InChI is InChI=1S/C13H12N2O3/c1-15(2)6-5-11(16)9-3-4-12-10(7-9)14-13(17)8-18-12/h3-4,7H,8H2,1-2H3,(H,14,17). The molecule has 1 aromatic carbocycles. The summed E-state index contributed by atoms with van der Waals surface area (Å²) >= 11 is 0. The van der Waals surface area contributed by atoms with Gasteiger partial charge in [-0.1, -0.05) is 0 Å². The Balaban J connectivity index is 2.26. The van der Waals surface area contributed by atoms with E-state index in [0.717, 1.165) is 0 Å². The summed E-state index contributed by atoms with van der Waals surface area (Å²) in [5.74, 6) is 2.53. The normalized spacial score (nSPS) is 12.4. The maximum absolute atomic E-state index is 11.8. The highest BCUT2D eigenvalue weighted by molar-refractivity contribution is 6.10. The zero-order chi connectivity index (χ0) is 13.1. The molecule has 1 aliphatic rings. The van der Waals surface area contributed by atoms with Crippen LogP contribution in [0.5, 0.6) is 5.75 Å². The Morgan fingerprint density at radius 3 is 2.94 bits per heavy atom. The summed E-state index contributed by atoms with van der Waals surface area (Å²) in [6, 6.07) is 7.50. The number of Topliss-reactive ketones (excluding diaryl/α,β-unsaturated/α-hetero) is 1. The van der Waals surface area contributed by atoms with Crippen LogP contribution in [0.3, 0.4) is 0 Å². The monoisotopic (exact) mass is 244 g/mol. The van der Waals surface area contributed by atoms with Crippen LogP contribution in [0.4, 0.5) is 5.69 Å². The Bertz CT molecular complexity index is 567. The number of ether oxygens (including phenoxy) is 1. The van der Waals surface area contributed by atoms with E-state index in [1.54, 1.807) is 37.2 Å². The molecule has 5 heteroatoms. The van der Waals surface area contributed by atoms with E-state index in [0.29, 0.717) is 17.0 Å². The van der Waals surface area contributed by atoms with Crippen molar-refractivity contribution < 1.29 is 14.3 Å². The van der Waals surface area contributed by atoms with Crippen LogP contribution < -0.4 is 10.1 Å². The van der Waals surface area contributed by atoms with E-state index in [-0.39, 0.29) is 18.3 Å². The lowest BCUT2D eigenvalue weighted by Gasteiger charge is -2.17. The Kier molecular flexibility index (Phi) is 3.20. The second kappa shape index (κ2) is 4.80. The first-order chi connectivity index (χ1) is 8.56. The molecule has 0 aliphatic carbocycles. The van der Waals surface area contributed by atoms with Gasteiger partial charge in [0.2, 0.25) is 5.78 Å². The van der Waals surface area contributed by atoms with E-state index < -0.39 is 0 Å². The third-order valence-electron chi connectivity index (χ3n) is 2.27. The van der Waals surface area contributed by atoms with Crippen LogP contribution in [0.15, 0.2) is 18.2 Å². The van der Waals surface area contributed by atoms with Crippen molar-refractivity contribution in [2.45, 2.75) is 0 Å². The summed E-state index contributed by atoms with van der Waals surface area (Å²) in [7, 11) is 3.50. The third kappa shape index (κ3) is 2.61. The Hall–Kier alpha value is -2.48. The van der Waals surface area contributed by atoms with E-state index in [1.807, 2.05) is 0 Å². The summed E-state index contributed by atoms with van der Waals surface area (Å²) in [5, 5.41) is 2.65. The number of carbonyl (C=O) groups excluding carboxylic acids is 2. The molecule has 0 spiro atoms. The quantitative estimate of drug-likeness (QED) is 0.449. The van der Waals surface area contributed by atoms with Gasteiger partial charge in [0, 0.05) is 25.7 Å². The van der Waals surface area contributed by atoms with Gasteiger partial charge in [-0.15, -0.1) is 0 Å². The minimum absolute atomic E-state index is 0.000722. The second-order valence-electron chi connectivity index (χ2n) is 4.01. The second-order valence-corrected chi connectivity index (χ2v) is 4.01. The van der Waals surface area contributed by atoms with Crippen molar-refractivity contribution >= 4 is 17.4 Å². The van der Waals surface area contributed by atoms with Gasteiger partial charge in [-0.3, -0.25) is 9.59 Å². The number of hydrogen-bond donors (Lipinski definition) is 1. The molecule has 18 heavy (non-hydrogen) atoms. The van der Waals surface area contributed by atoms with Gasteiger partial charge < -0.3 is 15.0 Å². The van der Waals surface area contributed by atoms with Crippen LogP contribution in [0, 0.1) is 12.0 Å². The highest BCUT2D eigenvalue weighted by Gasteiger charge is 2.17. The number of hydrogen-bond acceptors (Lipinski definition) is 4. The lowest BCUT2D eigenvalue weighted by Crippen LogP contribution is -2.25. The third-order valence-corrected chi connectivity index (χ3v) is 2.27. The summed E-state index contributed by atoms with van der Waals surface area (Å²) in [4.78, 5) is 24.5. The fraction of sp³-hybridized carbons (Fsp3) is 0.231. The lowest BCUT2D eigenvalue weighted by atomic mass is 10.1. The largest absolute Gasteiger partial charge is 0.482 e. The van der Waals surface area contributed by atoms with Crippen LogP contribution in [0.2, 0.25) is 0 Å². The molecule has 0 atom stereocenters. The van der Waals surface area contributed by atoms with Gasteiger partial charge in [-0.05, 0) is 24.1 Å². The van der Waals surface area contributed by atoms with Crippen molar-refractivity contribution in [1.82, 2.24) is 4.90 Å². The van der Waals surface area contributed by atoms with Crippen LogP contribution >= 0.6 is 0 Å². The Morgan fingerprint density at radius 1 is 1.44 bits per heavy atom. The first-order valence-electron chi connectivity index (χ1n) is 5.36. The van der Waals surface area contributed by atoms with Gasteiger partial charge in [0.05, 0.1) is 5.69 Å². The molecule has 0 saturated heterocycles. The molecule has 1 aliphatic heterocycles. The SMILES string of the molecule is CN(C)C#CC(=O)c1ccc2c(c1)NC(=O)CO2. The molecule has 0 fully saturated rings. The van der Waals surface area contributed by atoms with Crippen molar-refractivity contribution in [3.05, 3.63) is 23.8 Å². The van der Waals surface area contributed by atoms with Gasteiger partial charge in [0.15, 0.2) is 6.61 Å². The van der Waals surface area contributed by atoms with Crippen LogP contribution in [-0.4, -0.2) is 37.3 Å². The maximum Gasteiger partial charge on any atom is 0.262 e. The van der Waals surface area contributed by atoms with Gasteiger partial charge in [-0.2, -0.15) is 0 Å². The Labute approximate surface area is 105 Å². The van der Waals surface area contributed by atoms with E-state index in [2.05, 4.69) is 17.3 Å². The number of carbonyl (C=O) groups is 2. The predicted molar refractivity (Wildman–Crippen MR) is 66.4 cm³/mol. The molecular weight excluding hydrogens is 232 g/mol. The highest BCUT2D eigenvalue weighted by Crippen LogP contribution is 2.28. The average Bonchev–Trinajstić information content (AvgIpc) is 2.34. The predicted octanol–water partition coefficient (Wildman–Crippen LogP) is 0.723. The molecule has 0 bridgehead atoms. The van der Waals surface area contributed by atoms with E-state index in [4.69, 9.17) is 4.74 Å². The minimum atomic E-state index is -0.300. The molecule has 92 valence electrons. The van der Waals surface area contributed by atoms with Gasteiger partial charge >= 0.3 is 0 Å². The van der Waals surface area contributed by atoms with Gasteiger partial charge in [0.25, 0.3) is 5.91 Å². The zero-order valence-electron chi connectivity index (χ0n) is 10.1. The summed E-state index contributed by atoms with van der Waals surface area (Å²) in [6.07, 6.45) is 0. The van der Waals surface area contributed by atoms with Crippen molar-refractivity contribution in [3.8, 4) is 17.7 Å². The molecule has 1 heterocycles. The van der Waals surface area contributed by atoms with Crippen LogP contribution in [-0.2, 0) is 4.79 Å². The van der Waals surface area contributed by atoms with Crippen LogP contribution in [0.25, 0.3) is 0 Å². The van der Waals surface area contributed by atoms with Crippen molar-refractivity contribution in [2.75, 3.05) is 26.0 Å². The number of fused-ring (bicyclic) bond motifs is 1. The molecule has 1 aromatic rings. The minimum Gasteiger partial charge on any atom is -0.482 e. The number of benzene rings is 1. The van der Waals surface area contributed by atoms with E-state index in [9.17, 15) is 9.59 Å². The molecule has 0 radical (unpaired) electrons. The first-order valence-corrected chi connectivity index (χ1v) is 5.36. The number of nitrogens with one attached hydrogen (secondary N) is 1. The molecule has 1 amide bonds. The number of ketones is 1. The van der Waals surface area contributed by atoms with Gasteiger partial charge in [-0.25, -0.2) is 0 Å². The lowest BCUT2D eigenvalue weighted by molar-refractivity contribution is -0.118. The van der Waals surface area contributed by atoms with Crippen molar-refractivity contribution in [2.24, 2.45) is 0 Å².